The monoisotopic (exact) mass is 396 g/mol. The Balaban J connectivity index is 1.39. The number of hydrogen-bond acceptors (Lipinski definition) is 4. The second kappa shape index (κ2) is 9.23. The number of anilines is 2. The molecular weight excluding hydrogens is 372 g/mol. The molecule has 4 rings (SSSR count). The van der Waals surface area contributed by atoms with Crippen molar-refractivity contribution in [3.63, 3.8) is 0 Å². The van der Waals surface area contributed by atoms with Gasteiger partial charge in [-0.15, -0.1) is 0 Å². The first kappa shape index (κ1) is 19.7. The third-order valence-corrected chi connectivity index (χ3v) is 5.62. The molecule has 1 N–H and O–H groups in total. The molecule has 1 aromatic heterocycles. The summed E-state index contributed by atoms with van der Waals surface area (Å²) in [5, 5.41) is 12.0. The highest BCUT2D eigenvalue weighted by Crippen LogP contribution is 2.26. The molecule has 1 amide bonds. The molecule has 5 heteroatoms. The number of nitriles is 1. The Morgan fingerprint density at radius 3 is 2.57 bits per heavy atom. The Kier molecular flexibility index (Phi) is 6.05. The molecule has 3 aromatic rings. The van der Waals surface area contributed by atoms with E-state index in [1.807, 2.05) is 12.1 Å². The molecule has 150 valence electrons. The van der Waals surface area contributed by atoms with Gasteiger partial charge in [-0.05, 0) is 55.0 Å². The third-order valence-electron chi connectivity index (χ3n) is 5.62. The summed E-state index contributed by atoms with van der Waals surface area (Å²) in [5.41, 5.74) is 3.70. The largest absolute Gasteiger partial charge is 0.371 e. The fourth-order valence-electron chi connectivity index (χ4n) is 3.96. The van der Waals surface area contributed by atoms with Crippen LogP contribution in [0.25, 0.3) is 0 Å². The van der Waals surface area contributed by atoms with Gasteiger partial charge in [-0.2, -0.15) is 5.26 Å². The Labute approximate surface area is 177 Å². The van der Waals surface area contributed by atoms with Gasteiger partial charge < -0.3 is 10.2 Å². The second-order valence-corrected chi connectivity index (χ2v) is 7.63. The summed E-state index contributed by atoms with van der Waals surface area (Å²) in [6, 6.07) is 23.5. The zero-order valence-corrected chi connectivity index (χ0v) is 16.8. The van der Waals surface area contributed by atoms with Crippen LogP contribution in [0.15, 0.2) is 72.9 Å². The molecule has 1 aliphatic heterocycles. The maximum absolute atomic E-state index is 12.7. The molecule has 5 nitrogen and oxygen atoms in total. The van der Waals surface area contributed by atoms with E-state index in [4.69, 9.17) is 0 Å². The lowest BCUT2D eigenvalue weighted by Crippen LogP contribution is -2.34. The lowest BCUT2D eigenvalue weighted by Gasteiger charge is -2.33. The number of piperidine rings is 1. The predicted molar refractivity (Wildman–Crippen MR) is 118 cm³/mol. The first-order valence-electron chi connectivity index (χ1n) is 10.3. The van der Waals surface area contributed by atoms with Crippen LogP contribution >= 0.6 is 0 Å². The zero-order chi connectivity index (χ0) is 20.8. The smallest absolute Gasteiger partial charge is 0.274 e. The van der Waals surface area contributed by atoms with Crippen LogP contribution in [0.4, 0.5) is 11.4 Å². The summed E-state index contributed by atoms with van der Waals surface area (Å²) in [4.78, 5) is 19.2. The molecule has 0 bridgehead atoms. The van der Waals surface area contributed by atoms with Crippen LogP contribution in [-0.4, -0.2) is 24.0 Å². The fraction of sp³-hybridized carbons (Fsp3) is 0.240. The summed E-state index contributed by atoms with van der Waals surface area (Å²) >= 11 is 0. The van der Waals surface area contributed by atoms with Gasteiger partial charge in [-0.25, -0.2) is 0 Å². The topological polar surface area (TPSA) is 69.0 Å². The van der Waals surface area contributed by atoms with Gasteiger partial charge in [-0.3, -0.25) is 9.78 Å². The number of hydrogen-bond donors (Lipinski definition) is 1. The van der Waals surface area contributed by atoms with E-state index < -0.39 is 0 Å². The van der Waals surface area contributed by atoms with E-state index in [9.17, 15) is 10.1 Å². The number of carbonyl (C=O) groups excluding carboxylic acids is 1. The molecule has 1 fully saturated rings. The highest BCUT2D eigenvalue weighted by atomic mass is 16.1. The van der Waals surface area contributed by atoms with Gasteiger partial charge in [0.05, 0.1) is 11.3 Å². The van der Waals surface area contributed by atoms with Crippen LogP contribution < -0.4 is 10.2 Å². The van der Waals surface area contributed by atoms with Crippen LogP contribution in [-0.2, 0) is 6.42 Å². The van der Waals surface area contributed by atoms with Crippen molar-refractivity contribution in [1.82, 2.24) is 4.98 Å². The van der Waals surface area contributed by atoms with Gasteiger partial charge in [-0.1, -0.05) is 42.5 Å². The summed E-state index contributed by atoms with van der Waals surface area (Å²) in [6.07, 6.45) is 5.07. The first-order valence-corrected chi connectivity index (χ1v) is 10.3. The number of nitrogens with one attached hydrogen (secondary N) is 1. The number of amides is 1. The van der Waals surface area contributed by atoms with Gasteiger partial charge in [0.15, 0.2) is 0 Å². The summed E-state index contributed by atoms with van der Waals surface area (Å²) < 4.78 is 0. The summed E-state index contributed by atoms with van der Waals surface area (Å²) in [5.74, 6) is 0.384. The van der Waals surface area contributed by atoms with Crippen LogP contribution in [0, 0.1) is 17.2 Å². The average molecular weight is 396 g/mol. The van der Waals surface area contributed by atoms with Crippen molar-refractivity contribution < 1.29 is 4.79 Å². The number of carbonyl (C=O) groups is 1. The molecule has 0 aliphatic carbocycles. The van der Waals surface area contributed by atoms with E-state index in [0.29, 0.717) is 22.9 Å². The van der Waals surface area contributed by atoms with Crippen molar-refractivity contribution >= 4 is 17.3 Å². The van der Waals surface area contributed by atoms with Crippen LogP contribution in [0.3, 0.4) is 0 Å². The third kappa shape index (κ3) is 4.66. The molecule has 0 atom stereocenters. The molecule has 0 unspecified atom stereocenters. The van der Waals surface area contributed by atoms with Crippen LogP contribution in [0.2, 0.25) is 0 Å². The van der Waals surface area contributed by atoms with Crippen molar-refractivity contribution in [3.05, 3.63) is 89.7 Å². The number of pyridine rings is 1. The molecule has 1 aliphatic rings. The molecule has 2 aromatic carbocycles. The summed E-state index contributed by atoms with van der Waals surface area (Å²) in [6.45, 7) is 1.94. The number of para-hydroxylation sites is 1. The van der Waals surface area contributed by atoms with E-state index in [-0.39, 0.29) is 5.91 Å². The van der Waals surface area contributed by atoms with E-state index >= 15 is 0 Å². The molecule has 0 radical (unpaired) electrons. The van der Waals surface area contributed by atoms with Gasteiger partial charge >= 0.3 is 0 Å². The average Bonchev–Trinajstić information content (AvgIpc) is 2.81. The maximum Gasteiger partial charge on any atom is 0.274 e. The van der Waals surface area contributed by atoms with Crippen LogP contribution in [0.1, 0.15) is 34.5 Å². The number of aromatic nitrogens is 1. The highest BCUT2D eigenvalue weighted by Gasteiger charge is 2.21. The van der Waals surface area contributed by atoms with E-state index in [1.165, 1.54) is 5.56 Å². The predicted octanol–water partition coefficient (Wildman–Crippen LogP) is 4.66. The van der Waals surface area contributed by atoms with Crippen molar-refractivity contribution in [2.45, 2.75) is 19.3 Å². The van der Waals surface area contributed by atoms with E-state index in [0.717, 1.165) is 38.0 Å². The lowest BCUT2D eigenvalue weighted by atomic mass is 9.90. The van der Waals surface area contributed by atoms with Crippen molar-refractivity contribution in [1.29, 1.82) is 5.26 Å². The Bertz CT molecular complexity index is 1050. The minimum Gasteiger partial charge on any atom is -0.371 e. The van der Waals surface area contributed by atoms with Gasteiger partial charge in [0.2, 0.25) is 0 Å². The summed E-state index contributed by atoms with van der Waals surface area (Å²) in [7, 11) is 0. The standard InChI is InChI=1S/C25H24N4O/c26-18-21-8-4-5-9-23(21)28-25(30)24-17-22(10-13-27-24)29-14-11-20(12-15-29)16-19-6-2-1-3-7-19/h1-10,13,17,20H,11-12,14-16H2,(H,28,30). The van der Waals surface area contributed by atoms with Gasteiger partial charge in [0.25, 0.3) is 5.91 Å². The Hall–Kier alpha value is -3.65. The zero-order valence-electron chi connectivity index (χ0n) is 16.8. The van der Waals surface area contributed by atoms with Crippen LogP contribution in [0.5, 0.6) is 0 Å². The maximum atomic E-state index is 12.7. The number of rotatable bonds is 5. The number of benzene rings is 2. The quantitative estimate of drug-likeness (QED) is 0.681. The fourth-order valence-corrected chi connectivity index (χ4v) is 3.96. The molecular formula is C25H24N4O. The van der Waals surface area contributed by atoms with Crippen molar-refractivity contribution in [2.24, 2.45) is 5.92 Å². The van der Waals surface area contributed by atoms with Gasteiger partial charge in [0.1, 0.15) is 11.8 Å². The van der Waals surface area contributed by atoms with E-state index in [2.05, 4.69) is 51.6 Å². The normalized spacial score (nSPS) is 14.2. The first-order chi connectivity index (χ1) is 14.7. The highest BCUT2D eigenvalue weighted by molar-refractivity contribution is 6.04. The molecule has 2 heterocycles. The minimum atomic E-state index is -0.307. The second-order valence-electron chi connectivity index (χ2n) is 7.63. The Morgan fingerprint density at radius 2 is 1.80 bits per heavy atom. The molecule has 0 spiro atoms. The SMILES string of the molecule is N#Cc1ccccc1NC(=O)c1cc(N2CCC(Cc3ccccc3)CC2)ccn1. The van der Waals surface area contributed by atoms with E-state index in [1.54, 1.807) is 30.5 Å². The minimum absolute atomic E-state index is 0.307. The molecule has 1 saturated heterocycles. The molecule has 0 saturated carbocycles. The van der Waals surface area contributed by atoms with Crippen molar-refractivity contribution in [2.75, 3.05) is 23.3 Å². The number of nitrogens with zero attached hydrogens (tertiary/aromatic N) is 3. The van der Waals surface area contributed by atoms with Crippen molar-refractivity contribution in [3.8, 4) is 6.07 Å². The molecule has 30 heavy (non-hydrogen) atoms. The Morgan fingerprint density at radius 1 is 1.07 bits per heavy atom. The van der Waals surface area contributed by atoms with Gasteiger partial charge in [0, 0.05) is 25.0 Å². The lowest BCUT2D eigenvalue weighted by molar-refractivity contribution is 0.102.